The number of halogens is 1. The predicted octanol–water partition coefficient (Wildman–Crippen LogP) is 3.16. The summed E-state index contributed by atoms with van der Waals surface area (Å²) in [5.74, 6) is 0.117. The van der Waals surface area contributed by atoms with E-state index in [1.807, 2.05) is 0 Å². The molecule has 138 valence electrons. The molecule has 0 fully saturated rings. The molecule has 0 aliphatic rings. The van der Waals surface area contributed by atoms with E-state index in [0.29, 0.717) is 22.2 Å². The van der Waals surface area contributed by atoms with E-state index in [9.17, 15) is 9.59 Å². The molecule has 0 unspecified atom stereocenters. The minimum atomic E-state index is -0.688. The van der Waals surface area contributed by atoms with Crippen molar-refractivity contribution in [1.29, 1.82) is 0 Å². The van der Waals surface area contributed by atoms with Crippen molar-refractivity contribution in [2.24, 2.45) is 0 Å². The maximum atomic E-state index is 12.2. The summed E-state index contributed by atoms with van der Waals surface area (Å²) in [7, 11) is 4.42. The Morgan fingerprint density at radius 2 is 1.69 bits per heavy atom. The second-order valence-electron chi connectivity index (χ2n) is 5.04. The number of ether oxygens (including phenoxy) is 4. The Morgan fingerprint density at radius 1 is 0.962 bits per heavy atom. The molecule has 1 amide bonds. The number of anilines is 1. The summed E-state index contributed by atoms with van der Waals surface area (Å²) in [6.07, 6.45) is 0. The van der Waals surface area contributed by atoms with Crippen LogP contribution in [0.15, 0.2) is 36.4 Å². The van der Waals surface area contributed by atoms with Crippen LogP contribution in [0.5, 0.6) is 17.2 Å². The predicted molar refractivity (Wildman–Crippen MR) is 96.5 cm³/mol. The van der Waals surface area contributed by atoms with E-state index < -0.39 is 18.5 Å². The van der Waals surface area contributed by atoms with Crippen LogP contribution in [0.1, 0.15) is 10.4 Å². The Kier molecular flexibility index (Phi) is 6.68. The molecule has 0 aromatic heterocycles. The van der Waals surface area contributed by atoms with Crippen LogP contribution in [0.2, 0.25) is 5.02 Å². The zero-order valence-corrected chi connectivity index (χ0v) is 15.3. The van der Waals surface area contributed by atoms with Crippen molar-refractivity contribution in [2.45, 2.75) is 0 Å². The molecule has 0 aliphatic heterocycles. The van der Waals surface area contributed by atoms with Crippen LogP contribution in [-0.2, 0) is 9.53 Å². The Balaban J connectivity index is 1.96. The molecule has 7 nitrogen and oxygen atoms in total. The summed E-state index contributed by atoms with van der Waals surface area (Å²) < 4.78 is 20.3. The highest BCUT2D eigenvalue weighted by molar-refractivity contribution is 6.32. The number of nitrogens with one attached hydrogen (secondary N) is 1. The molecule has 2 rings (SSSR count). The van der Waals surface area contributed by atoms with Gasteiger partial charge in [-0.05, 0) is 30.3 Å². The normalized spacial score (nSPS) is 10.0. The summed E-state index contributed by atoms with van der Waals surface area (Å²) in [4.78, 5) is 24.1. The van der Waals surface area contributed by atoms with Crippen molar-refractivity contribution in [3.63, 3.8) is 0 Å². The lowest BCUT2D eigenvalue weighted by Crippen LogP contribution is -2.21. The largest absolute Gasteiger partial charge is 0.497 e. The Bertz CT molecular complexity index is 808. The van der Waals surface area contributed by atoms with Crippen molar-refractivity contribution in [3.05, 3.63) is 47.0 Å². The first-order valence-electron chi connectivity index (χ1n) is 7.51. The van der Waals surface area contributed by atoms with E-state index in [4.69, 9.17) is 30.5 Å². The number of amides is 1. The number of hydrogen-bond donors (Lipinski definition) is 1. The highest BCUT2D eigenvalue weighted by atomic mass is 35.5. The van der Waals surface area contributed by atoms with Crippen LogP contribution >= 0.6 is 11.6 Å². The van der Waals surface area contributed by atoms with Crippen LogP contribution in [0.25, 0.3) is 0 Å². The van der Waals surface area contributed by atoms with E-state index in [2.05, 4.69) is 5.32 Å². The van der Waals surface area contributed by atoms with E-state index in [-0.39, 0.29) is 11.3 Å². The summed E-state index contributed by atoms with van der Waals surface area (Å²) in [5, 5.41) is 2.93. The Labute approximate surface area is 155 Å². The first-order chi connectivity index (χ1) is 12.5. The summed E-state index contributed by atoms with van der Waals surface area (Å²) in [5.41, 5.74) is 0.646. The summed E-state index contributed by atoms with van der Waals surface area (Å²) in [6, 6.07) is 9.42. The van der Waals surface area contributed by atoms with Crippen molar-refractivity contribution >= 4 is 29.2 Å². The third kappa shape index (κ3) is 4.80. The van der Waals surface area contributed by atoms with Gasteiger partial charge in [0.15, 0.2) is 6.61 Å². The van der Waals surface area contributed by atoms with Gasteiger partial charge in [0, 0.05) is 11.8 Å². The molecule has 0 atom stereocenters. The second-order valence-corrected chi connectivity index (χ2v) is 5.45. The number of benzene rings is 2. The number of esters is 1. The third-order valence-electron chi connectivity index (χ3n) is 3.40. The Hall–Kier alpha value is -2.93. The number of carbonyl (C=O) groups excluding carboxylic acids is 2. The minimum absolute atomic E-state index is 0.189. The molecular formula is C18H18ClNO6. The smallest absolute Gasteiger partial charge is 0.342 e. The van der Waals surface area contributed by atoms with E-state index >= 15 is 0 Å². The first-order valence-corrected chi connectivity index (χ1v) is 7.88. The van der Waals surface area contributed by atoms with Gasteiger partial charge in [-0.2, -0.15) is 0 Å². The van der Waals surface area contributed by atoms with Crippen molar-refractivity contribution in [2.75, 3.05) is 33.3 Å². The van der Waals surface area contributed by atoms with Crippen LogP contribution in [0.3, 0.4) is 0 Å². The zero-order valence-electron chi connectivity index (χ0n) is 14.5. The average Bonchev–Trinajstić information content (AvgIpc) is 2.65. The van der Waals surface area contributed by atoms with Gasteiger partial charge >= 0.3 is 5.97 Å². The second kappa shape index (κ2) is 8.96. The lowest BCUT2D eigenvalue weighted by Gasteiger charge is -2.11. The van der Waals surface area contributed by atoms with Crippen molar-refractivity contribution in [3.8, 4) is 17.2 Å². The monoisotopic (exact) mass is 379 g/mol. The molecule has 2 aromatic carbocycles. The van der Waals surface area contributed by atoms with Gasteiger partial charge < -0.3 is 24.3 Å². The molecule has 0 spiro atoms. The quantitative estimate of drug-likeness (QED) is 0.744. The van der Waals surface area contributed by atoms with Gasteiger partial charge in [0.25, 0.3) is 5.91 Å². The van der Waals surface area contributed by atoms with Crippen LogP contribution in [0, 0.1) is 0 Å². The lowest BCUT2D eigenvalue weighted by atomic mass is 10.2. The fraction of sp³-hybridized carbons (Fsp3) is 0.222. The highest BCUT2D eigenvalue weighted by Crippen LogP contribution is 2.27. The molecular weight excluding hydrogens is 362 g/mol. The van der Waals surface area contributed by atoms with Crippen LogP contribution < -0.4 is 19.5 Å². The molecule has 0 saturated carbocycles. The van der Waals surface area contributed by atoms with Gasteiger partial charge in [-0.25, -0.2) is 4.79 Å². The average molecular weight is 380 g/mol. The molecule has 0 saturated heterocycles. The van der Waals surface area contributed by atoms with Gasteiger partial charge in [0.05, 0.1) is 26.4 Å². The minimum Gasteiger partial charge on any atom is -0.497 e. The van der Waals surface area contributed by atoms with Crippen LogP contribution in [-0.4, -0.2) is 39.8 Å². The molecule has 0 radical (unpaired) electrons. The molecule has 0 bridgehead atoms. The zero-order chi connectivity index (χ0) is 19.1. The van der Waals surface area contributed by atoms with Gasteiger partial charge in [-0.1, -0.05) is 11.6 Å². The fourth-order valence-corrected chi connectivity index (χ4v) is 2.37. The van der Waals surface area contributed by atoms with Gasteiger partial charge in [0.2, 0.25) is 0 Å². The molecule has 0 heterocycles. The number of methoxy groups -OCH3 is 3. The third-order valence-corrected chi connectivity index (χ3v) is 3.69. The standard InChI is InChI=1S/C18H18ClNO6/c1-23-12-5-6-13(16(9-12)25-3)18(22)26-10-17(21)20-11-4-7-15(24-2)14(19)8-11/h4-9H,10H2,1-3H3,(H,20,21). The van der Waals surface area contributed by atoms with Crippen molar-refractivity contribution in [1.82, 2.24) is 0 Å². The van der Waals surface area contributed by atoms with Gasteiger partial charge in [-0.15, -0.1) is 0 Å². The van der Waals surface area contributed by atoms with Gasteiger partial charge in [-0.3, -0.25) is 4.79 Å². The Morgan fingerprint density at radius 3 is 2.31 bits per heavy atom. The number of rotatable bonds is 7. The molecule has 1 N–H and O–H groups in total. The lowest BCUT2D eigenvalue weighted by molar-refractivity contribution is -0.119. The van der Waals surface area contributed by atoms with E-state index in [1.165, 1.54) is 33.5 Å². The summed E-state index contributed by atoms with van der Waals surface area (Å²) >= 11 is 5.99. The number of hydrogen-bond acceptors (Lipinski definition) is 6. The topological polar surface area (TPSA) is 83.1 Å². The maximum absolute atomic E-state index is 12.2. The van der Waals surface area contributed by atoms with Crippen molar-refractivity contribution < 1.29 is 28.5 Å². The maximum Gasteiger partial charge on any atom is 0.342 e. The highest BCUT2D eigenvalue weighted by Gasteiger charge is 2.16. The van der Waals surface area contributed by atoms with Crippen LogP contribution in [0.4, 0.5) is 5.69 Å². The van der Waals surface area contributed by atoms with E-state index in [1.54, 1.807) is 24.3 Å². The molecule has 26 heavy (non-hydrogen) atoms. The molecule has 0 aliphatic carbocycles. The van der Waals surface area contributed by atoms with Gasteiger partial charge in [0.1, 0.15) is 22.8 Å². The van der Waals surface area contributed by atoms with E-state index in [0.717, 1.165) is 0 Å². The molecule has 2 aromatic rings. The molecule has 8 heteroatoms. The summed E-state index contributed by atoms with van der Waals surface area (Å²) in [6.45, 7) is -0.461. The fourth-order valence-electron chi connectivity index (χ4n) is 2.12. The first kappa shape index (κ1) is 19.4. The number of carbonyl (C=O) groups is 2. The SMILES string of the molecule is COc1ccc(C(=O)OCC(=O)Nc2ccc(OC)c(Cl)c2)c(OC)c1.